The number of rotatable bonds is 4. The molecule has 94 valence electrons. The summed E-state index contributed by atoms with van der Waals surface area (Å²) in [4.78, 5) is 8.35. The number of hydrogen-bond donors (Lipinski definition) is 1. The molecule has 2 aromatic rings. The first kappa shape index (κ1) is 12.8. The molecule has 4 nitrogen and oxygen atoms in total. The molecule has 1 aromatic carbocycles. The SMILES string of the molecule is CSc1ncc(CN)c(Oc2ccc(F)cc2)n1. The second kappa shape index (κ2) is 5.79. The Hall–Kier alpha value is -1.66. The van der Waals surface area contributed by atoms with Crippen molar-refractivity contribution in [3.63, 3.8) is 0 Å². The third-order valence-electron chi connectivity index (χ3n) is 2.23. The standard InChI is InChI=1S/C12H12FN3OS/c1-18-12-15-7-8(6-14)11(16-12)17-10-4-2-9(13)3-5-10/h2-5,7H,6,14H2,1H3. The normalized spacial score (nSPS) is 10.4. The lowest BCUT2D eigenvalue weighted by Gasteiger charge is -2.09. The molecular weight excluding hydrogens is 253 g/mol. The van der Waals surface area contributed by atoms with Gasteiger partial charge in [-0.05, 0) is 30.5 Å². The van der Waals surface area contributed by atoms with Gasteiger partial charge >= 0.3 is 0 Å². The van der Waals surface area contributed by atoms with Crippen molar-refractivity contribution in [3.8, 4) is 11.6 Å². The fraction of sp³-hybridized carbons (Fsp3) is 0.167. The highest BCUT2D eigenvalue weighted by Gasteiger charge is 2.08. The van der Waals surface area contributed by atoms with Crippen LogP contribution in [-0.2, 0) is 6.54 Å². The summed E-state index contributed by atoms with van der Waals surface area (Å²) in [6.45, 7) is 0.283. The molecular formula is C12H12FN3OS. The van der Waals surface area contributed by atoms with Crippen LogP contribution in [0.25, 0.3) is 0 Å². The van der Waals surface area contributed by atoms with Crippen molar-refractivity contribution in [2.24, 2.45) is 5.73 Å². The van der Waals surface area contributed by atoms with E-state index in [0.29, 0.717) is 22.3 Å². The number of thioether (sulfide) groups is 1. The first-order valence-electron chi connectivity index (χ1n) is 5.26. The van der Waals surface area contributed by atoms with E-state index >= 15 is 0 Å². The van der Waals surface area contributed by atoms with Crippen LogP contribution in [0.1, 0.15) is 5.56 Å². The Morgan fingerprint density at radius 1 is 1.33 bits per heavy atom. The Labute approximate surface area is 108 Å². The lowest BCUT2D eigenvalue weighted by molar-refractivity contribution is 0.447. The monoisotopic (exact) mass is 265 g/mol. The van der Waals surface area contributed by atoms with E-state index in [4.69, 9.17) is 10.5 Å². The van der Waals surface area contributed by atoms with Crippen LogP contribution in [0.5, 0.6) is 11.6 Å². The summed E-state index contributed by atoms with van der Waals surface area (Å²) >= 11 is 1.41. The summed E-state index contributed by atoms with van der Waals surface area (Å²) in [7, 11) is 0. The molecule has 0 atom stereocenters. The highest BCUT2D eigenvalue weighted by atomic mass is 32.2. The van der Waals surface area contributed by atoms with E-state index < -0.39 is 0 Å². The van der Waals surface area contributed by atoms with Gasteiger partial charge in [-0.25, -0.2) is 9.37 Å². The molecule has 0 saturated heterocycles. The van der Waals surface area contributed by atoms with Crippen molar-refractivity contribution in [1.29, 1.82) is 0 Å². The van der Waals surface area contributed by atoms with Crippen molar-refractivity contribution in [1.82, 2.24) is 9.97 Å². The van der Waals surface area contributed by atoms with Crippen molar-refractivity contribution >= 4 is 11.8 Å². The summed E-state index contributed by atoms with van der Waals surface area (Å²) in [5.41, 5.74) is 6.30. The minimum atomic E-state index is -0.311. The quantitative estimate of drug-likeness (QED) is 0.680. The van der Waals surface area contributed by atoms with Crippen molar-refractivity contribution in [2.75, 3.05) is 6.26 Å². The highest BCUT2D eigenvalue weighted by Crippen LogP contribution is 2.24. The molecule has 2 N–H and O–H groups in total. The van der Waals surface area contributed by atoms with Crippen molar-refractivity contribution < 1.29 is 9.13 Å². The van der Waals surface area contributed by atoms with Gasteiger partial charge in [-0.15, -0.1) is 0 Å². The van der Waals surface area contributed by atoms with E-state index in [1.165, 1.54) is 36.0 Å². The average molecular weight is 265 g/mol. The van der Waals surface area contributed by atoms with Crippen LogP contribution in [0.3, 0.4) is 0 Å². The van der Waals surface area contributed by atoms with Gasteiger partial charge in [0.15, 0.2) is 5.16 Å². The maximum atomic E-state index is 12.8. The Bertz CT molecular complexity index is 533. The van der Waals surface area contributed by atoms with Crippen molar-refractivity contribution in [3.05, 3.63) is 41.8 Å². The smallest absolute Gasteiger partial charge is 0.227 e. The summed E-state index contributed by atoms with van der Waals surface area (Å²) in [5, 5.41) is 0.601. The maximum Gasteiger partial charge on any atom is 0.227 e. The maximum absolute atomic E-state index is 12.8. The van der Waals surface area contributed by atoms with Crippen LogP contribution in [0, 0.1) is 5.82 Å². The highest BCUT2D eigenvalue weighted by molar-refractivity contribution is 7.98. The molecule has 1 aromatic heterocycles. The van der Waals surface area contributed by atoms with Crippen LogP contribution >= 0.6 is 11.8 Å². The van der Waals surface area contributed by atoms with Gasteiger partial charge in [0.05, 0.1) is 0 Å². The van der Waals surface area contributed by atoms with Gasteiger partial charge in [-0.1, -0.05) is 11.8 Å². The molecule has 18 heavy (non-hydrogen) atoms. The molecule has 0 aliphatic rings. The average Bonchev–Trinajstić information content (AvgIpc) is 2.41. The zero-order chi connectivity index (χ0) is 13.0. The fourth-order valence-electron chi connectivity index (χ4n) is 1.32. The zero-order valence-electron chi connectivity index (χ0n) is 9.76. The van der Waals surface area contributed by atoms with Crippen molar-refractivity contribution in [2.45, 2.75) is 11.7 Å². The van der Waals surface area contributed by atoms with Gasteiger partial charge in [0.2, 0.25) is 5.88 Å². The Morgan fingerprint density at radius 3 is 2.67 bits per heavy atom. The third-order valence-corrected chi connectivity index (χ3v) is 2.80. The summed E-state index contributed by atoms with van der Waals surface area (Å²) in [5.74, 6) is 0.606. The topological polar surface area (TPSA) is 61.0 Å². The van der Waals surface area contributed by atoms with Crippen LogP contribution in [0.4, 0.5) is 4.39 Å². The largest absolute Gasteiger partial charge is 0.439 e. The van der Waals surface area contributed by atoms with Crippen LogP contribution in [0.2, 0.25) is 0 Å². The number of aromatic nitrogens is 2. The number of halogens is 1. The van der Waals surface area contributed by atoms with E-state index in [1.807, 2.05) is 6.26 Å². The van der Waals surface area contributed by atoms with Gasteiger partial charge in [0, 0.05) is 18.3 Å². The first-order chi connectivity index (χ1) is 8.72. The summed E-state index contributed by atoms with van der Waals surface area (Å²) < 4.78 is 18.4. The summed E-state index contributed by atoms with van der Waals surface area (Å²) in [6.07, 6.45) is 3.51. The second-order valence-corrected chi connectivity index (χ2v) is 4.22. The molecule has 1 heterocycles. The molecule has 0 aliphatic heterocycles. The zero-order valence-corrected chi connectivity index (χ0v) is 10.6. The molecule has 0 fully saturated rings. The van der Waals surface area contributed by atoms with Gasteiger partial charge < -0.3 is 10.5 Å². The number of hydrogen-bond acceptors (Lipinski definition) is 5. The van der Waals surface area contributed by atoms with Gasteiger partial charge in [-0.3, -0.25) is 0 Å². The van der Waals surface area contributed by atoms with E-state index in [-0.39, 0.29) is 12.4 Å². The molecule has 0 amide bonds. The summed E-state index contributed by atoms with van der Waals surface area (Å²) in [6, 6.07) is 5.73. The van der Waals surface area contributed by atoms with E-state index in [2.05, 4.69) is 9.97 Å². The molecule has 6 heteroatoms. The van der Waals surface area contributed by atoms with Crippen LogP contribution in [-0.4, -0.2) is 16.2 Å². The first-order valence-corrected chi connectivity index (χ1v) is 6.49. The predicted octanol–water partition coefficient (Wildman–Crippen LogP) is 2.59. The number of benzene rings is 1. The van der Waals surface area contributed by atoms with E-state index in [9.17, 15) is 4.39 Å². The molecule has 0 aliphatic carbocycles. The predicted molar refractivity (Wildman–Crippen MR) is 68.2 cm³/mol. The fourth-order valence-corrected chi connectivity index (χ4v) is 1.65. The number of nitrogens with zero attached hydrogens (tertiary/aromatic N) is 2. The second-order valence-electron chi connectivity index (χ2n) is 3.45. The molecule has 0 radical (unpaired) electrons. The third kappa shape index (κ3) is 2.96. The van der Waals surface area contributed by atoms with E-state index in [1.54, 1.807) is 6.20 Å². The lowest BCUT2D eigenvalue weighted by atomic mass is 10.3. The Kier molecular flexibility index (Phi) is 4.11. The van der Waals surface area contributed by atoms with Gasteiger partial charge in [-0.2, -0.15) is 4.98 Å². The Morgan fingerprint density at radius 2 is 2.06 bits per heavy atom. The molecule has 0 saturated carbocycles. The molecule has 0 bridgehead atoms. The molecule has 2 rings (SSSR count). The van der Waals surface area contributed by atoms with Crippen LogP contribution in [0.15, 0.2) is 35.6 Å². The minimum absolute atomic E-state index is 0.283. The number of nitrogens with two attached hydrogens (primary N) is 1. The Balaban J connectivity index is 2.29. The molecule has 0 unspecified atom stereocenters. The minimum Gasteiger partial charge on any atom is -0.439 e. The molecule has 0 spiro atoms. The van der Waals surface area contributed by atoms with Gasteiger partial charge in [0.25, 0.3) is 0 Å². The lowest BCUT2D eigenvalue weighted by Crippen LogP contribution is -2.03. The number of ether oxygens (including phenoxy) is 1. The van der Waals surface area contributed by atoms with E-state index in [0.717, 1.165) is 0 Å². The van der Waals surface area contributed by atoms with Gasteiger partial charge in [0.1, 0.15) is 11.6 Å². The van der Waals surface area contributed by atoms with Crippen LogP contribution < -0.4 is 10.5 Å².